The monoisotopic (exact) mass is 282 g/mol. The van der Waals surface area contributed by atoms with Gasteiger partial charge >= 0.3 is 5.69 Å². The number of nitrogens with one attached hydrogen (secondary N) is 3. The molecule has 112 valence electrons. The van der Waals surface area contributed by atoms with Crippen LogP contribution in [0.5, 0.6) is 0 Å². The first-order chi connectivity index (χ1) is 9.69. The Kier molecular flexibility index (Phi) is 5.34. The van der Waals surface area contributed by atoms with Gasteiger partial charge in [0.05, 0.1) is 12.6 Å². The summed E-state index contributed by atoms with van der Waals surface area (Å²) in [5.74, 6) is 0.262. The van der Waals surface area contributed by atoms with E-state index in [9.17, 15) is 9.59 Å². The Balaban J connectivity index is 1.80. The lowest BCUT2D eigenvalue weighted by Gasteiger charge is -2.26. The summed E-state index contributed by atoms with van der Waals surface area (Å²) in [6.07, 6.45) is 6.10. The van der Waals surface area contributed by atoms with Crippen LogP contribution in [0, 0.1) is 0 Å². The standard InChI is InChI=1S/C13H22N4O3/c1-2-10(20-9-6-4-3-5-7-9)12(18)14-8-11-15-13(19)17-16-11/h9-10H,2-8H2,1H3,(H,14,18)(H2,15,16,17,19). The third kappa shape index (κ3) is 4.19. The molecule has 1 aromatic rings. The van der Waals surface area contributed by atoms with Crippen LogP contribution in [0.25, 0.3) is 0 Å². The van der Waals surface area contributed by atoms with Crippen molar-refractivity contribution < 1.29 is 9.53 Å². The number of hydrogen-bond acceptors (Lipinski definition) is 4. The minimum absolute atomic E-state index is 0.151. The van der Waals surface area contributed by atoms with E-state index in [4.69, 9.17) is 4.74 Å². The molecule has 1 saturated carbocycles. The van der Waals surface area contributed by atoms with Gasteiger partial charge < -0.3 is 10.1 Å². The number of carbonyl (C=O) groups is 1. The molecule has 1 unspecified atom stereocenters. The zero-order chi connectivity index (χ0) is 14.4. The Morgan fingerprint density at radius 3 is 2.80 bits per heavy atom. The quantitative estimate of drug-likeness (QED) is 0.720. The van der Waals surface area contributed by atoms with Crippen LogP contribution >= 0.6 is 0 Å². The first-order valence-electron chi connectivity index (χ1n) is 7.25. The highest BCUT2D eigenvalue weighted by molar-refractivity contribution is 5.80. The second kappa shape index (κ2) is 7.23. The molecule has 7 heteroatoms. The molecule has 0 saturated heterocycles. The number of aromatic amines is 2. The van der Waals surface area contributed by atoms with Crippen molar-refractivity contribution >= 4 is 5.91 Å². The van der Waals surface area contributed by atoms with Gasteiger partial charge in [0.1, 0.15) is 11.9 Å². The van der Waals surface area contributed by atoms with Gasteiger partial charge in [-0.05, 0) is 19.3 Å². The Morgan fingerprint density at radius 2 is 2.20 bits per heavy atom. The van der Waals surface area contributed by atoms with Gasteiger partial charge in [0.15, 0.2) is 0 Å². The Labute approximate surface area is 117 Å². The Bertz CT molecular complexity index is 476. The first kappa shape index (κ1) is 14.8. The second-order valence-corrected chi connectivity index (χ2v) is 5.14. The zero-order valence-electron chi connectivity index (χ0n) is 11.8. The van der Waals surface area contributed by atoms with Crippen LogP contribution < -0.4 is 11.0 Å². The highest BCUT2D eigenvalue weighted by atomic mass is 16.5. The van der Waals surface area contributed by atoms with Crippen LogP contribution in [0.1, 0.15) is 51.3 Å². The van der Waals surface area contributed by atoms with Gasteiger partial charge in [0.2, 0.25) is 5.91 Å². The molecule has 1 aliphatic carbocycles. The molecule has 2 rings (SSSR count). The van der Waals surface area contributed by atoms with E-state index in [2.05, 4.69) is 20.5 Å². The smallest absolute Gasteiger partial charge is 0.340 e. The number of amides is 1. The summed E-state index contributed by atoms with van der Waals surface area (Å²) in [7, 11) is 0. The van der Waals surface area contributed by atoms with E-state index in [0.717, 1.165) is 12.8 Å². The number of rotatable bonds is 6. The molecule has 1 aromatic heterocycles. The third-order valence-corrected chi connectivity index (χ3v) is 3.55. The fourth-order valence-corrected chi connectivity index (χ4v) is 2.45. The number of carbonyl (C=O) groups excluding carboxylic acids is 1. The van der Waals surface area contributed by atoms with Gasteiger partial charge in [-0.3, -0.25) is 9.78 Å². The highest BCUT2D eigenvalue weighted by Crippen LogP contribution is 2.22. The topological polar surface area (TPSA) is 99.9 Å². The van der Waals surface area contributed by atoms with Crippen LogP contribution in [-0.2, 0) is 16.1 Å². The van der Waals surface area contributed by atoms with Crippen LogP contribution in [0.4, 0.5) is 0 Å². The van der Waals surface area contributed by atoms with E-state index in [-0.39, 0.29) is 24.2 Å². The van der Waals surface area contributed by atoms with E-state index < -0.39 is 6.10 Å². The molecule has 1 amide bonds. The Hall–Kier alpha value is -1.63. The molecule has 0 radical (unpaired) electrons. The molecule has 3 N–H and O–H groups in total. The predicted molar refractivity (Wildman–Crippen MR) is 73.1 cm³/mol. The summed E-state index contributed by atoms with van der Waals surface area (Å²) in [6.45, 7) is 2.13. The van der Waals surface area contributed by atoms with Crippen molar-refractivity contribution in [3.05, 3.63) is 16.3 Å². The van der Waals surface area contributed by atoms with Crippen LogP contribution in [0.15, 0.2) is 4.79 Å². The van der Waals surface area contributed by atoms with E-state index in [1.807, 2.05) is 6.92 Å². The van der Waals surface area contributed by atoms with Gasteiger partial charge in [0, 0.05) is 0 Å². The molecule has 0 bridgehead atoms. The highest BCUT2D eigenvalue weighted by Gasteiger charge is 2.23. The number of aromatic nitrogens is 3. The molecule has 1 fully saturated rings. The van der Waals surface area contributed by atoms with E-state index in [0.29, 0.717) is 12.2 Å². The second-order valence-electron chi connectivity index (χ2n) is 5.14. The van der Waals surface area contributed by atoms with E-state index in [1.54, 1.807) is 0 Å². The Morgan fingerprint density at radius 1 is 1.45 bits per heavy atom. The van der Waals surface area contributed by atoms with Crippen molar-refractivity contribution in [1.29, 1.82) is 0 Å². The molecule has 0 aliphatic heterocycles. The van der Waals surface area contributed by atoms with Gasteiger partial charge in [-0.15, -0.1) is 0 Å². The fraction of sp³-hybridized carbons (Fsp3) is 0.769. The largest absolute Gasteiger partial charge is 0.365 e. The van der Waals surface area contributed by atoms with Gasteiger partial charge in [-0.25, -0.2) is 9.89 Å². The molecule has 0 aromatic carbocycles. The maximum atomic E-state index is 12.1. The molecule has 0 spiro atoms. The summed E-state index contributed by atoms with van der Waals surface area (Å²) >= 11 is 0. The first-order valence-corrected chi connectivity index (χ1v) is 7.25. The predicted octanol–water partition coefficient (Wildman–Crippen LogP) is 0.842. The van der Waals surface area contributed by atoms with Crippen molar-refractivity contribution in [2.45, 2.75) is 64.2 Å². The molecule has 1 aliphatic rings. The fourth-order valence-electron chi connectivity index (χ4n) is 2.45. The average Bonchev–Trinajstić information content (AvgIpc) is 2.89. The van der Waals surface area contributed by atoms with Crippen LogP contribution in [-0.4, -0.2) is 33.3 Å². The number of hydrogen-bond donors (Lipinski definition) is 3. The zero-order valence-corrected chi connectivity index (χ0v) is 11.8. The molecule has 1 atom stereocenters. The molecule has 1 heterocycles. The van der Waals surface area contributed by atoms with Crippen molar-refractivity contribution in [3.63, 3.8) is 0 Å². The van der Waals surface area contributed by atoms with Gasteiger partial charge in [-0.1, -0.05) is 26.2 Å². The van der Waals surface area contributed by atoms with Gasteiger partial charge in [-0.2, -0.15) is 5.10 Å². The summed E-state index contributed by atoms with van der Waals surface area (Å²) in [6, 6.07) is 0. The third-order valence-electron chi connectivity index (χ3n) is 3.55. The summed E-state index contributed by atoms with van der Waals surface area (Å²) < 4.78 is 5.88. The summed E-state index contributed by atoms with van der Waals surface area (Å²) in [5.41, 5.74) is -0.375. The van der Waals surface area contributed by atoms with E-state index in [1.165, 1.54) is 19.3 Å². The number of H-pyrrole nitrogens is 2. The van der Waals surface area contributed by atoms with Crippen molar-refractivity contribution in [1.82, 2.24) is 20.5 Å². The minimum Gasteiger partial charge on any atom is -0.365 e. The molecular formula is C13H22N4O3. The maximum absolute atomic E-state index is 12.1. The lowest BCUT2D eigenvalue weighted by atomic mass is 9.97. The van der Waals surface area contributed by atoms with E-state index >= 15 is 0 Å². The van der Waals surface area contributed by atoms with Crippen molar-refractivity contribution in [2.24, 2.45) is 0 Å². The van der Waals surface area contributed by atoms with Crippen molar-refractivity contribution in [3.8, 4) is 0 Å². The minimum atomic E-state index is -0.427. The maximum Gasteiger partial charge on any atom is 0.340 e. The molecule has 7 nitrogen and oxygen atoms in total. The van der Waals surface area contributed by atoms with Crippen LogP contribution in [0.3, 0.4) is 0 Å². The lowest BCUT2D eigenvalue weighted by Crippen LogP contribution is -2.38. The normalized spacial score (nSPS) is 17.9. The van der Waals surface area contributed by atoms with Gasteiger partial charge in [0.25, 0.3) is 0 Å². The number of nitrogens with zero attached hydrogens (tertiary/aromatic N) is 1. The molecule has 20 heavy (non-hydrogen) atoms. The molecular weight excluding hydrogens is 260 g/mol. The van der Waals surface area contributed by atoms with Crippen molar-refractivity contribution in [2.75, 3.05) is 0 Å². The summed E-state index contributed by atoms with van der Waals surface area (Å²) in [4.78, 5) is 25.4. The lowest BCUT2D eigenvalue weighted by molar-refractivity contribution is -0.138. The van der Waals surface area contributed by atoms with Crippen LogP contribution in [0.2, 0.25) is 0 Å². The average molecular weight is 282 g/mol. The number of ether oxygens (including phenoxy) is 1. The SMILES string of the molecule is CCC(OC1CCCCC1)C(=O)NCc1n[nH]c(=O)[nH]1. The summed E-state index contributed by atoms with van der Waals surface area (Å²) in [5, 5.41) is 8.73.